The summed E-state index contributed by atoms with van der Waals surface area (Å²) in [4.78, 5) is 0. The molecule has 0 fully saturated rings. The Labute approximate surface area is 107 Å². The largest absolute Gasteiger partial charge is 0.456 e. The van der Waals surface area contributed by atoms with Crippen LogP contribution < -0.4 is 5.73 Å². The molecule has 4 N–H and O–H groups in total. The maximum atomic E-state index is 10.2. The number of aliphatic hydroxyl groups excluding tert-OH is 1. The number of aliphatic hydroxyl groups is 1. The van der Waals surface area contributed by atoms with E-state index in [1.165, 1.54) is 6.20 Å². The minimum atomic E-state index is -0.966. The van der Waals surface area contributed by atoms with Crippen LogP contribution in [0.1, 0.15) is 17.4 Å². The predicted molar refractivity (Wildman–Crippen MR) is 68.3 cm³/mol. The Morgan fingerprint density at radius 2 is 2.28 bits per heavy atom. The van der Waals surface area contributed by atoms with E-state index in [2.05, 4.69) is 10.2 Å². The molecule has 1 atom stereocenters. The average molecular weight is 264 g/mol. The fraction of sp³-hybridized carbons (Fsp3) is 0.0833. The summed E-state index contributed by atoms with van der Waals surface area (Å²) < 4.78 is 5.56. The quantitative estimate of drug-likeness (QED) is 0.663. The first-order chi connectivity index (χ1) is 8.66. The third-order valence-corrected chi connectivity index (χ3v) is 3.08. The number of nitrogens with one attached hydrogen (secondary N) is 1. The van der Waals surface area contributed by atoms with Gasteiger partial charge in [-0.25, -0.2) is 0 Å². The minimum Gasteiger partial charge on any atom is -0.456 e. The van der Waals surface area contributed by atoms with E-state index in [0.717, 1.165) is 5.39 Å². The van der Waals surface area contributed by atoms with Crippen LogP contribution in [0.25, 0.3) is 11.0 Å². The lowest BCUT2D eigenvalue weighted by molar-refractivity contribution is 0.193. The number of anilines is 1. The number of aromatic nitrogens is 2. The van der Waals surface area contributed by atoms with Crippen LogP contribution in [0.4, 0.5) is 5.82 Å². The summed E-state index contributed by atoms with van der Waals surface area (Å²) in [6.45, 7) is 0. The number of fused-ring (bicyclic) bond motifs is 1. The molecule has 2 heterocycles. The highest BCUT2D eigenvalue weighted by Crippen LogP contribution is 2.32. The topological polar surface area (TPSA) is 88.1 Å². The van der Waals surface area contributed by atoms with E-state index in [1.807, 2.05) is 12.1 Å². The molecule has 0 saturated carbocycles. The van der Waals surface area contributed by atoms with Gasteiger partial charge in [-0.2, -0.15) is 5.10 Å². The van der Waals surface area contributed by atoms with E-state index in [0.29, 0.717) is 27.7 Å². The first kappa shape index (κ1) is 11.1. The third kappa shape index (κ3) is 1.64. The van der Waals surface area contributed by atoms with Crippen molar-refractivity contribution in [3.05, 3.63) is 46.8 Å². The summed E-state index contributed by atoms with van der Waals surface area (Å²) in [6.07, 6.45) is 0.502. The standard InChI is InChI=1S/C12H10ClN3O2/c13-8-3-1-2-6-4-9(18-11(6)8)10(17)7-5-15-16-12(7)14/h1-5,10,17H,(H3,14,15,16). The number of nitrogens with zero attached hydrogens (tertiary/aromatic N) is 1. The molecule has 1 unspecified atom stereocenters. The summed E-state index contributed by atoms with van der Waals surface area (Å²) in [5.41, 5.74) is 6.69. The number of nitrogen functional groups attached to an aromatic ring is 1. The summed E-state index contributed by atoms with van der Waals surface area (Å²) in [5.74, 6) is 0.695. The number of hydrogen-bond acceptors (Lipinski definition) is 4. The van der Waals surface area contributed by atoms with Crippen LogP contribution in [0.15, 0.2) is 34.9 Å². The Bertz CT molecular complexity index is 704. The predicted octanol–water partition coefficient (Wildman–Crippen LogP) is 2.47. The van der Waals surface area contributed by atoms with E-state index < -0.39 is 6.10 Å². The Morgan fingerprint density at radius 1 is 1.44 bits per heavy atom. The molecule has 0 spiro atoms. The van der Waals surface area contributed by atoms with Crippen molar-refractivity contribution in [2.45, 2.75) is 6.10 Å². The number of H-pyrrole nitrogens is 1. The molecule has 0 saturated heterocycles. The first-order valence-electron chi connectivity index (χ1n) is 5.31. The second-order valence-corrected chi connectivity index (χ2v) is 4.36. The molecule has 0 bridgehead atoms. The third-order valence-electron chi connectivity index (χ3n) is 2.78. The zero-order valence-electron chi connectivity index (χ0n) is 9.22. The number of benzene rings is 1. The van der Waals surface area contributed by atoms with Gasteiger partial charge in [-0.1, -0.05) is 23.7 Å². The van der Waals surface area contributed by atoms with Gasteiger partial charge in [-0.3, -0.25) is 5.10 Å². The first-order valence-corrected chi connectivity index (χ1v) is 5.69. The molecular formula is C12H10ClN3O2. The van der Waals surface area contributed by atoms with Crippen molar-refractivity contribution in [2.75, 3.05) is 5.73 Å². The number of para-hydroxylation sites is 1. The highest BCUT2D eigenvalue weighted by Gasteiger charge is 2.20. The fourth-order valence-electron chi connectivity index (χ4n) is 1.86. The van der Waals surface area contributed by atoms with Crippen molar-refractivity contribution >= 4 is 28.4 Å². The summed E-state index contributed by atoms with van der Waals surface area (Å²) in [5, 5.41) is 17.8. The second-order valence-electron chi connectivity index (χ2n) is 3.95. The van der Waals surface area contributed by atoms with Gasteiger partial charge >= 0.3 is 0 Å². The van der Waals surface area contributed by atoms with E-state index in [-0.39, 0.29) is 0 Å². The number of halogens is 1. The molecule has 3 rings (SSSR count). The Morgan fingerprint density at radius 3 is 2.94 bits per heavy atom. The van der Waals surface area contributed by atoms with Crippen molar-refractivity contribution in [3.8, 4) is 0 Å². The van der Waals surface area contributed by atoms with Gasteiger partial charge in [0.05, 0.1) is 11.2 Å². The van der Waals surface area contributed by atoms with E-state index in [9.17, 15) is 5.11 Å². The van der Waals surface area contributed by atoms with Crippen LogP contribution in [-0.4, -0.2) is 15.3 Å². The smallest absolute Gasteiger partial charge is 0.153 e. The molecule has 18 heavy (non-hydrogen) atoms. The maximum Gasteiger partial charge on any atom is 0.153 e. The highest BCUT2D eigenvalue weighted by atomic mass is 35.5. The zero-order chi connectivity index (χ0) is 12.7. The molecule has 0 aliphatic heterocycles. The van der Waals surface area contributed by atoms with Gasteiger partial charge in [0.2, 0.25) is 0 Å². The van der Waals surface area contributed by atoms with E-state index in [4.69, 9.17) is 21.8 Å². The van der Waals surface area contributed by atoms with Crippen molar-refractivity contribution in [2.24, 2.45) is 0 Å². The molecule has 5 nitrogen and oxygen atoms in total. The number of furan rings is 1. The number of hydrogen-bond donors (Lipinski definition) is 3. The molecule has 0 radical (unpaired) electrons. The molecule has 92 valence electrons. The molecule has 6 heteroatoms. The average Bonchev–Trinajstić information content (AvgIpc) is 2.95. The molecule has 0 aliphatic rings. The normalized spacial score (nSPS) is 13.0. The Kier molecular flexibility index (Phi) is 2.50. The molecule has 0 aliphatic carbocycles. The Balaban J connectivity index is 2.10. The summed E-state index contributed by atoms with van der Waals surface area (Å²) in [7, 11) is 0. The van der Waals surface area contributed by atoms with Gasteiger partial charge in [-0.15, -0.1) is 0 Å². The van der Waals surface area contributed by atoms with Crippen molar-refractivity contribution in [3.63, 3.8) is 0 Å². The van der Waals surface area contributed by atoms with Crippen LogP contribution >= 0.6 is 11.6 Å². The molecule has 0 amide bonds. The lowest BCUT2D eigenvalue weighted by atomic mass is 10.1. The summed E-state index contributed by atoms with van der Waals surface area (Å²) in [6, 6.07) is 7.15. The SMILES string of the molecule is Nc1[nH]ncc1C(O)c1cc2cccc(Cl)c2o1. The molecular weight excluding hydrogens is 254 g/mol. The lowest BCUT2D eigenvalue weighted by Gasteiger charge is -2.05. The van der Waals surface area contributed by atoms with Crippen molar-refractivity contribution in [1.82, 2.24) is 10.2 Å². The van der Waals surface area contributed by atoms with Gasteiger partial charge in [0.25, 0.3) is 0 Å². The number of aromatic amines is 1. The zero-order valence-corrected chi connectivity index (χ0v) is 9.98. The second kappa shape index (κ2) is 4.04. The Hall–Kier alpha value is -1.98. The summed E-state index contributed by atoms with van der Waals surface area (Å²) >= 11 is 6.01. The van der Waals surface area contributed by atoms with Crippen molar-refractivity contribution in [1.29, 1.82) is 0 Å². The fourth-order valence-corrected chi connectivity index (χ4v) is 2.08. The molecule has 1 aromatic carbocycles. The van der Waals surface area contributed by atoms with Crippen molar-refractivity contribution < 1.29 is 9.52 Å². The van der Waals surface area contributed by atoms with E-state index in [1.54, 1.807) is 12.1 Å². The highest BCUT2D eigenvalue weighted by molar-refractivity contribution is 6.34. The molecule has 2 aromatic heterocycles. The van der Waals surface area contributed by atoms with Gasteiger partial charge in [-0.05, 0) is 12.1 Å². The van der Waals surface area contributed by atoms with Gasteiger partial charge < -0.3 is 15.3 Å². The number of rotatable bonds is 2. The van der Waals surface area contributed by atoms with E-state index >= 15 is 0 Å². The van der Waals surface area contributed by atoms with Gasteiger partial charge in [0, 0.05) is 10.9 Å². The van der Waals surface area contributed by atoms with Crippen LogP contribution in [0.5, 0.6) is 0 Å². The maximum absolute atomic E-state index is 10.2. The monoisotopic (exact) mass is 263 g/mol. The van der Waals surface area contributed by atoms with Crippen LogP contribution in [0.2, 0.25) is 5.02 Å². The van der Waals surface area contributed by atoms with Gasteiger partial charge in [0.1, 0.15) is 17.7 Å². The minimum absolute atomic E-state index is 0.314. The van der Waals surface area contributed by atoms with Crippen LogP contribution in [0, 0.1) is 0 Å². The number of nitrogens with two attached hydrogens (primary N) is 1. The van der Waals surface area contributed by atoms with Gasteiger partial charge in [0.15, 0.2) is 5.58 Å². The van der Waals surface area contributed by atoms with Crippen LogP contribution in [0.3, 0.4) is 0 Å². The molecule has 3 aromatic rings. The van der Waals surface area contributed by atoms with Crippen LogP contribution in [-0.2, 0) is 0 Å². The lowest BCUT2D eigenvalue weighted by Crippen LogP contribution is -2.00.